The van der Waals surface area contributed by atoms with Gasteiger partial charge in [0.25, 0.3) is 0 Å². The van der Waals surface area contributed by atoms with E-state index < -0.39 is 36.9 Å². The van der Waals surface area contributed by atoms with Gasteiger partial charge in [0.15, 0.2) is 6.61 Å². The molecule has 5 nitrogen and oxygen atoms in total. The molecule has 9 heteroatoms. The van der Waals surface area contributed by atoms with Crippen molar-refractivity contribution in [2.24, 2.45) is 0 Å². The number of para-hydroxylation sites is 2. The summed E-state index contributed by atoms with van der Waals surface area (Å²) in [6.45, 7) is 2.41. The fourth-order valence-corrected chi connectivity index (χ4v) is 3.70. The zero-order chi connectivity index (χ0) is 19.8. The highest BCUT2D eigenvalue weighted by atomic mass is 32.1. The van der Waals surface area contributed by atoms with Crippen LogP contribution in [-0.2, 0) is 22.3 Å². The van der Waals surface area contributed by atoms with Crippen LogP contribution >= 0.6 is 11.3 Å². The average molecular weight is 396 g/mol. The molecule has 3 aromatic rings. The summed E-state index contributed by atoms with van der Waals surface area (Å²) in [6, 6.07) is 7.67. The molecule has 2 aromatic heterocycles. The molecule has 0 bridgehead atoms. The molecule has 142 valence electrons. The van der Waals surface area contributed by atoms with Gasteiger partial charge in [0, 0.05) is 15.3 Å². The predicted octanol–water partition coefficient (Wildman–Crippen LogP) is 4.16. The predicted molar refractivity (Wildman–Crippen MR) is 93.8 cm³/mol. The molecule has 3 rings (SSSR count). The summed E-state index contributed by atoms with van der Waals surface area (Å²) in [5, 5.41) is 0. The summed E-state index contributed by atoms with van der Waals surface area (Å²) in [7, 11) is 0. The minimum atomic E-state index is -4.72. The third kappa shape index (κ3) is 4.02. The molecule has 0 aliphatic rings. The minimum Gasteiger partial charge on any atom is -0.456 e. The molecule has 27 heavy (non-hydrogen) atoms. The number of nitrogens with zero attached hydrogens (tertiary/aromatic N) is 2. The molecular formula is C18H15F3N2O3S. The van der Waals surface area contributed by atoms with E-state index in [4.69, 9.17) is 4.74 Å². The van der Waals surface area contributed by atoms with Crippen LogP contribution in [0.1, 0.15) is 25.9 Å². The molecule has 0 saturated carbocycles. The van der Waals surface area contributed by atoms with E-state index in [9.17, 15) is 22.8 Å². The van der Waals surface area contributed by atoms with Gasteiger partial charge in [-0.05, 0) is 32.0 Å². The number of thiophene rings is 1. The molecule has 2 heterocycles. The number of fused-ring (bicyclic) bond motifs is 1. The van der Waals surface area contributed by atoms with Crippen LogP contribution in [0.15, 0.2) is 30.3 Å². The van der Waals surface area contributed by atoms with E-state index in [1.165, 1.54) is 23.5 Å². The Morgan fingerprint density at radius 1 is 1.22 bits per heavy atom. The Morgan fingerprint density at radius 3 is 2.56 bits per heavy atom. The van der Waals surface area contributed by atoms with Gasteiger partial charge in [0.1, 0.15) is 6.54 Å². The molecule has 0 radical (unpaired) electrons. The smallest absolute Gasteiger partial charge is 0.449 e. The number of hydrogen-bond donors (Lipinski definition) is 0. The number of benzene rings is 1. The first kappa shape index (κ1) is 19.1. The zero-order valence-electron chi connectivity index (χ0n) is 14.5. The van der Waals surface area contributed by atoms with Crippen molar-refractivity contribution in [2.45, 2.75) is 26.6 Å². The van der Waals surface area contributed by atoms with Gasteiger partial charge < -0.3 is 9.30 Å². The molecule has 0 saturated heterocycles. The Kier molecular flexibility index (Phi) is 5.05. The summed E-state index contributed by atoms with van der Waals surface area (Å²) >= 11 is 1.44. The van der Waals surface area contributed by atoms with Gasteiger partial charge in [-0.3, -0.25) is 9.59 Å². The van der Waals surface area contributed by atoms with Crippen molar-refractivity contribution in [1.29, 1.82) is 0 Å². The maximum absolute atomic E-state index is 13.2. The first-order chi connectivity index (χ1) is 12.7. The highest BCUT2D eigenvalue weighted by Gasteiger charge is 2.38. The van der Waals surface area contributed by atoms with Crippen LogP contribution in [-0.4, -0.2) is 27.9 Å². The number of halogens is 3. The van der Waals surface area contributed by atoms with Gasteiger partial charge in [0.2, 0.25) is 11.6 Å². The molecule has 1 aromatic carbocycles. The van der Waals surface area contributed by atoms with Gasteiger partial charge >= 0.3 is 12.1 Å². The topological polar surface area (TPSA) is 61.2 Å². The standard InChI is InChI=1S/C18H15F3N2O3S/c1-10-7-12(11(2)27-10)15(24)9-26-16(25)8-23-14-6-4-3-5-13(14)22-17(23)18(19,20)21/h3-7H,8-9H2,1-2H3. The van der Waals surface area contributed by atoms with Gasteiger partial charge in [-0.2, -0.15) is 13.2 Å². The Morgan fingerprint density at radius 2 is 1.93 bits per heavy atom. The molecule has 0 aliphatic heterocycles. The summed E-state index contributed by atoms with van der Waals surface area (Å²) in [6.07, 6.45) is -4.72. The molecule has 0 aliphatic carbocycles. The summed E-state index contributed by atoms with van der Waals surface area (Å²) in [4.78, 5) is 29.5. The SMILES string of the molecule is Cc1cc(C(=O)COC(=O)Cn2c(C(F)(F)F)nc3ccccc32)c(C)s1. The maximum Gasteiger partial charge on any atom is 0.449 e. The van der Waals surface area contributed by atoms with Crippen molar-refractivity contribution in [3.8, 4) is 0 Å². The van der Waals surface area contributed by atoms with E-state index in [2.05, 4.69) is 4.98 Å². The Labute approximate surface area is 156 Å². The number of Topliss-reactive ketones (excluding diaryl/α,β-unsaturated/α-hetero) is 1. The van der Waals surface area contributed by atoms with E-state index in [1.54, 1.807) is 25.1 Å². The highest BCUT2D eigenvalue weighted by molar-refractivity contribution is 7.12. The lowest BCUT2D eigenvalue weighted by atomic mass is 10.2. The van der Waals surface area contributed by atoms with Crippen molar-refractivity contribution in [1.82, 2.24) is 9.55 Å². The Hall–Kier alpha value is -2.68. The van der Waals surface area contributed by atoms with E-state index >= 15 is 0 Å². The van der Waals surface area contributed by atoms with Crippen molar-refractivity contribution >= 4 is 34.1 Å². The second-order valence-electron chi connectivity index (χ2n) is 5.92. The monoisotopic (exact) mass is 396 g/mol. The van der Waals surface area contributed by atoms with E-state index in [-0.39, 0.29) is 11.0 Å². The third-order valence-electron chi connectivity index (χ3n) is 3.90. The highest BCUT2D eigenvalue weighted by Crippen LogP contribution is 2.31. The van der Waals surface area contributed by atoms with Crippen molar-refractivity contribution in [3.63, 3.8) is 0 Å². The van der Waals surface area contributed by atoms with E-state index in [0.29, 0.717) is 5.56 Å². The molecule has 0 fully saturated rings. The summed E-state index contributed by atoms with van der Waals surface area (Å²) in [5.41, 5.74) is 0.741. The second-order valence-corrected chi connectivity index (χ2v) is 7.38. The van der Waals surface area contributed by atoms with Crippen LogP contribution in [0.2, 0.25) is 0 Å². The summed E-state index contributed by atoms with van der Waals surface area (Å²) < 4.78 is 45.4. The van der Waals surface area contributed by atoms with Crippen LogP contribution in [0, 0.1) is 13.8 Å². The third-order valence-corrected chi connectivity index (χ3v) is 4.87. The molecule has 0 atom stereocenters. The zero-order valence-corrected chi connectivity index (χ0v) is 15.3. The lowest BCUT2D eigenvalue weighted by Crippen LogP contribution is -2.22. The van der Waals surface area contributed by atoms with Crippen molar-refractivity contribution in [2.75, 3.05) is 6.61 Å². The lowest BCUT2D eigenvalue weighted by Gasteiger charge is -2.11. The number of alkyl halides is 3. The number of rotatable bonds is 5. The van der Waals surface area contributed by atoms with Crippen LogP contribution in [0.4, 0.5) is 13.2 Å². The van der Waals surface area contributed by atoms with Gasteiger partial charge in [-0.1, -0.05) is 12.1 Å². The molecule has 0 unspecified atom stereocenters. The molecular weight excluding hydrogens is 381 g/mol. The first-order valence-electron chi connectivity index (χ1n) is 7.95. The lowest BCUT2D eigenvalue weighted by molar-refractivity contribution is -0.150. The van der Waals surface area contributed by atoms with Crippen LogP contribution < -0.4 is 0 Å². The number of imidazole rings is 1. The fraction of sp³-hybridized carbons (Fsp3) is 0.278. The number of aryl methyl sites for hydroxylation is 2. The number of esters is 1. The number of carbonyl (C=O) groups is 2. The van der Waals surface area contributed by atoms with Crippen molar-refractivity contribution < 1.29 is 27.5 Å². The average Bonchev–Trinajstić information content (AvgIpc) is 3.12. The van der Waals surface area contributed by atoms with E-state index in [1.807, 2.05) is 6.92 Å². The largest absolute Gasteiger partial charge is 0.456 e. The fourth-order valence-electron chi connectivity index (χ4n) is 2.76. The quantitative estimate of drug-likeness (QED) is 0.480. The first-order valence-corrected chi connectivity index (χ1v) is 8.77. The Balaban J connectivity index is 1.76. The molecule has 0 spiro atoms. The van der Waals surface area contributed by atoms with Crippen LogP contribution in [0.25, 0.3) is 11.0 Å². The van der Waals surface area contributed by atoms with Gasteiger partial charge in [-0.25, -0.2) is 4.98 Å². The van der Waals surface area contributed by atoms with Gasteiger partial charge in [0.05, 0.1) is 11.0 Å². The van der Waals surface area contributed by atoms with Crippen LogP contribution in [0.5, 0.6) is 0 Å². The number of carbonyl (C=O) groups excluding carboxylic acids is 2. The second kappa shape index (κ2) is 7.15. The number of ketones is 1. The summed E-state index contributed by atoms with van der Waals surface area (Å²) in [5.74, 6) is -2.52. The van der Waals surface area contributed by atoms with Crippen molar-refractivity contribution in [3.05, 3.63) is 51.5 Å². The normalized spacial score (nSPS) is 11.7. The van der Waals surface area contributed by atoms with E-state index in [0.717, 1.165) is 14.3 Å². The number of ether oxygens (including phenoxy) is 1. The minimum absolute atomic E-state index is 0.123. The number of aromatic nitrogens is 2. The van der Waals surface area contributed by atoms with Gasteiger partial charge in [-0.15, -0.1) is 11.3 Å². The molecule has 0 N–H and O–H groups in total. The Bertz CT molecular complexity index is 1020. The maximum atomic E-state index is 13.2. The molecule has 0 amide bonds. The number of hydrogen-bond acceptors (Lipinski definition) is 5. The van der Waals surface area contributed by atoms with Crippen LogP contribution in [0.3, 0.4) is 0 Å².